The molecule has 1 rings (SSSR count). The topological polar surface area (TPSA) is 26.3 Å². The van der Waals surface area contributed by atoms with Crippen LogP contribution in [-0.4, -0.2) is 13.1 Å². The van der Waals surface area contributed by atoms with E-state index in [1.807, 2.05) is 26.0 Å². The highest BCUT2D eigenvalue weighted by Crippen LogP contribution is 2.27. The van der Waals surface area contributed by atoms with E-state index in [2.05, 4.69) is 4.74 Å². The number of hydrogen-bond acceptors (Lipinski definition) is 2. The normalized spacial score (nSPS) is 10.4. The monoisotopic (exact) mass is 212 g/mol. The molecule has 0 radical (unpaired) electrons. The summed E-state index contributed by atoms with van der Waals surface area (Å²) >= 11 is 6.08. The molecular formula is C11H13ClO2. The number of methoxy groups -OCH3 is 1. The second kappa shape index (κ2) is 4.47. The average Bonchev–Trinajstić information content (AvgIpc) is 2.16. The Morgan fingerprint density at radius 1 is 1.43 bits per heavy atom. The number of esters is 1. The smallest absolute Gasteiger partial charge is 0.339 e. The highest BCUT2D eigenvalue weighted by atomic mass is 35.5. The van der Waals surface area contributed by atoms with Crippen molar-refractivity contribution in [2.24, 2.45) is 0 Å². The van der Waals surface area contributed by atoms with Crippen molar-refractivity contribution in [1.82, 2.24) is 0 Å². The van der Waals surface area contributed by atoms with Gasteiger partial charge in [-0.3, -0.25) is 0 Å². The fraction of sp³-hybridized carbons (Fsp3) is 0.364. The molecule has 0 atom stereocenters. The summed E-state index contributed by atoms with van der Waals surface area (Å²) in [6.07, 6.45) is 0. The number of rotatable bonds is 2. The van der Waals surface area contributed by atoms with E-state index in [-0.39, 0.29) is 0 Å². The predicted molar refractivity (Wildman–Crippen MR) is 56.9 cm³/mol. The molecule has 0 N–H and O–H groups in total. The van der Waals surface area contributed by atoms with Gasteiger partial charge in [0.1, 0.15) is 0 Å². The Morgan fingerprint density at radius 3 is 2.57 bits per heavy atom. The summed E-state index contributed by atoms with van der Waals surface area (Å²) in [6.45, 7) is 4.06. The second-order valence-corrected chi connectivity index (χ2v) is 3.73. The third-order valence-electron chi connectivity index (χ3n) is 2.06. The molecule has 0 aliphatic carbocycles. The lowest BCUT2D eigenvalue weighted by Crippen LogP contribution is -2.04. The van der Waals surface area contributed by atoms with Gasteiger partial charge in [-0.25, -0.2) is 4.79 Å². The van der Waals surface area contributed by atoms with E-state index in [1.165, 1.54) is 7.11 Å². The summed E-state index contributed by atoms with van der Waals surface area (Å²) < 4.78 is 4.63. The number of halogens is 1. The van der Waals surface area contributed by atoms with Gasteiger partial charge in [0.2, 0.25) is 0 Å². The van der Waals surface area contributed by atoms with Gasteiger partial charge in [-0.05, 0) is 17.5 Å². The van der Waals surface area contributed by atoms with Crippen molar-refractivity contribution in [3.05, 3.63) is 34.3 Å². The van der Waals surface area contributed by atoms with Gasteiger partial charge in [0, 0.05) is 0 Å². The summed E-state index contributed by atoms with van der Waals surface area (Å²) in [5, 5.41) is 0.495. The Labute approximate surface area is 88.8 Å². The van der Waals surface area contributed by atoms with Crippen LogP contribution in [-0.2, 0) is 4.74 Å². The maximum absolute atomic E-state index is 11.3. The van der Waals surface area contributed by atoms with Crippen LogP contribution in [0.3, 0.4) is 0 Å². The van der Waals surface area contributed by atoms with Crippen LogP contribution in [0.1, 0.15) is 35.7 Å². The van der Waals surface area contributed by atoms with Crippen molar-refractivity contribution >= 4 is 17.6 Å². The third-order valence-corrected chi connectivity index (χ3v) is 2.48. The van der Waals surface area contributed by atoms with Crippen LogP contribution in [0.4, 0.5) is 0 Å². The van der Waals surface area contributed by atoms with E-state index < -0.39 is 5.97 Å². The molecule has 3 heteroatoms. The van der Waals surface area contributed by atoms with E-state index in [4.69, 9.17) is 11.6 Å². The quantitative estimate of drug-likeness (QED) is 0.704. The van der Waals surface area contributed by atoms with Crippen molar-refractivity contribution in [2.45, 2.75) is 19.8 Å². The molecule has 1 aromatic rings. The zero-order valence-corrected chi connectivity index (χ0v) is 9.26. The maximum Gasteiger partial charge on any atom is 0.339 e. The van der Waals surface area contributed by atoms with Gasteiger partial charge >= 0.3 is 5.97 Å². The first kappa shape index (κ1) is 11.1. The molecule has 0 aliphatic rings. The average molecular weight is 213 g/mol. The van der Waals surface area contributed by atoms with E-state index in [0.29, 0.717) is 16.5 Å². The highest BCUT2D eigenvalue weighted by Gasteiger charge is 2.14. The standard InChI is InChI=1S/C11H13ClO2/c1-7(2)8-5-4-6-9(10(8)12)11(13)14-3/h4-7H,1-3H3. The predicted octanol–water partition coefficient (Wildman–Crippen LogP) is 3.25. The number of carbonyl (C=O) groups excluding carboxylic acids is 1. The first-order valence-corrected chi connectivity index (χ1v) is 4.82. The van der Waals surface area contributed by atoms with E-state index in [1.54, 1.807) is 6.07 Å². The van der Waals surface area contributed by atoms with Crippen LogP contribution < -0.4 is 0 Å². The number of benzene rings is 1. The molecule has 0 aromatic heterocycles. The molecule has 0 unspecified atom stereocenters. The molecule has 0 saturated carbocycles. The molecule has 0 fully saturated rings. The largest absolute Gasteiger partial charge is 0.465 e. The summed E-state index contributed by atoms with van der Waals surface area (Å²) in [5.74, 6) is -0.0930. The number of ether oxygens (including phenoxy) is 1. The Kier molecular flexibility index (Phi) is 3.53. The molecule has 0 amide bonds. The number of hydrogen-bond donors (Lipinski definition) is 0. The first-order valence-electron chi connectivity index (χ1n) is 4.44. The van der Waals surface area contributed by atoms with Crippen LogP contribution >= 0.6 is 11.6 Å². The SMILES string of the molecule is COC(=O)c1cccc(C(C)C)c1Cl. The van der Waals surface area contributed by atoms with Gasteiger partial charge in [0.05, 0.1) is 17.7 Å². The minimum Gasteiger partial charge on any atom is -0.465 e. The van der Waals surface area contributed by atoms with E-state index >= 15 is 0 Å². The van der Waals surface area contributed by atoms with Crippen LogP contribution in [0.5, 0.6) is 0 Å². The summed E-state index contributed by atoms with van der Waals surface area (Å²) in [6, 6.07) is 5.40. The molecular weight excluding hydrogens is 200 g/mol. The minimum absolute atomic E-state index is 0.298. The van der Waals surface area contributed by atoms with E-state index in [9.17, 15) is 4.79 Å². The zero-order valence-electron chi connectivity index (χ0n) is 8.50. The minimum atomic E-state index is -0.391. The fourth-order valence-electron chi connectivity index (χ4n) is 1.26. The lowest BCUT2D eigenvalue weighted by molar-refractivity contribution is 0.0601. The van der Waals surface area contributed by atoms with Gasteiger partial charge in [0.25, 0.3) is 0 Å². The van der Waals surface area contributed by atoms with Gasteiger partial charge in [0.15, 0.2) is 0 Å². The maximum atomic E-state index is 11.3. The Morgan fingerprint density at radius 2 is 2.07 bits per heavy atom. The van der Waals surface area contributed by atoms with Crippen molar-refractivity contribution in [3.63, 3.8) is 0 Å². The summed E-state index contributed by atoms with van der Waals surface area (Å²) in [7, 11) is 1.35. The Hall–Kier alpha value is -1.02. The molecule has 76 valence electrons. The van der Waals surface area contributed by atoms with Crippen LogP contribution in [0.25, 0.3) is 0 Å². The molecule has 2 nitrogen and oxygen atoms in total. The van der Waals surface area contributed by atoms with Crippen LogP contribution in [0.15, 0.2) is 18.2 Å². The van der Waals surface area contributed by atoms with Gasteiger partial charge in [-0.1, -0.05) is 37.6 Å². The second-order valence-electron chi connectivity index (χ2n) is 3.36. The molecule has 14 heavy (non-hydrogen) atoms. The summed E-state index contributed by atoms with van der Waals surface area (Å²) in [5.41, 5.74) is 1.40. The zero-order chi connectivity index (χ0) is 10.7. The van der Waals surface area contributed by atoms with Gasteiger partial charge in [-0.2, -0.15) is 0 Å². The highest BCUT2D eigenvalue weighted by molar-refractivity contribution is 6.34. The molecule has 0 heterocycles. The van der Waals surface area contributed by atoms with Crippen molar-refractivity contribution < 1.29 is 9.53 Å². The van der Waals surface area contributed by atoms with Crippen LogP contribution in [0.2, 0.25) is 5.02 Å². The molecule has 0 saturated heterocycles. The molecule has 0 bridgehead atoms. The van der Waals surface area contributed by atoms with Gasteiger partial charge in [-0.15, -0.1) is 0 Å². The first-order chi connectivity index (χ1) is 6.57. The number of carbonyl (C=O) groups is 1. The lowest BCUT2D eigenvalue weighted by Gasteiger charge is -2.10. The summed E-state index contributed by atoms with van der Waals surface area (Å²) in [4.78, 5) is 11.3. The molecule has 1 aromatic carbocycles. The fourth-order valence-corrected chi connectivity index (χ4v) is 1.68. The third kappa shape index (κ3) is 2.07. The van der Waals surface area contributed by atoms with Crippen molar-refractivity contribution in [2.75, 3.05) is 7.11 Å². The molecule has 0 spiro atoms. The molecule has 0 aliphatic heterocycles. The Bertz CT molecular complexity index is 345. The van der Waals surface area contributed by atoms with Crippen molar-refractivity contribution in [1.29, 1.82) is 0 Å². The van der Waals surface area contributed by atoms with E-state index in [0.717, 1.165) is 5.56 Å². The lowest BCUT2D eigenvalue weighted by atomic mass is 10.0. The van der Waals surface area contributed by atoms with Crippen molar-refractivity contribution in [3.8, 4) is 0 Å². The van der Waals surface area contributed by atoms with Crippen LogP contribution in [0, 0.1) is 0 Å². The van der Waals surface area contributed by atoms with Gasteiger partial charge < -0.3 is 4.74 Å². The Balaban J connectivity index is 3.20.